The number of Topliss-reactive ketones (excluding diaryl/α,β-unsaturated/α-hetero) is 1. The Morgan fingerprint density at radius 1 is 0.818 bits per heavy atom. The van der Waals surface area contributed by atoms with Crippen LogP contribution in [0.3, 0.4) is 0 Å². The lowest BCUT2D eigenvalue weighted by Crippen LogP contribution is -2.62. The summed E-state index contributed by atoms with van der Waals surface area (Å²) in [7, 11) is 1.49. The van der Waals surface area contributed by atoms with Gasteiger partial charge in [0.15, 0.2) is 24.8 Å². The summed E-state index contributed by atoms with van der Waals surface area (Å²) in [6.45, 7) is 15.4. The van der Waals surface area contributed by atoms with Crippen molar-refractivity contribution in [2.24, 2.45) is 46.3 Å². The average molecular weight is 1080 g/mol. The molecule has 424 valence electrons. The van der Waals surface area contributed by atoms with E-state index in [1.807, 2.05) is 6.92 Å². The summed E-state index contributed by atoms with van der Waals surface area (Å²) in [4.78, 5) is 53.6. The maximum Gasteiger partial charge on any atom is 0.407 e. The third-order valence-electron chi connectivity index (χ3n) is 18.2. The van der Waals surface area contributed by atoms with Gasteiger partial charge in [0.05, 0.1) is 44.2 Å². The number of alkyl carbamates (subject to hydrolysis) is 2. The van der Waals surface area contributed by atoms with Gasteiger partial charge in [-0.2, -0.15) is 0 Å². The maximum absolute atomic E-state index is 14.3. The number of nitrogens with one attached hydrogen (secondary N) is 2. The number of methoxy groups -OCH3 is 1. The van der Waals surface area contributed by atoms with E-state index in [0.717, 1.165) is 31.2 Å². The molecular formula is C59H82N2O16. The summed E-state index contributed by atoms with van der Waals surface area (Å²) < 4.78 is 48.1. The fourth-order valence-corrected chi connectivity index (χ4v) is 13.7. The van der Waals surface area contributed by atoms with Crippen LogP contribution < -0.4 is 15.4 Å². The minimum absolute atomic E-state index is 0.00136. The first-order valence-electron chi connectivity index (χ1n) is 27.6. The Bertz CT molecular complexity index is 2420. The molecule has 2 aromatic carbocycles. The zero-order valence-electron chi connectivity index (χ0n) is 45.7. The molecule has 9 unspecified atom stereocenters. The van der Waals surface area contributed by atoms with Gasteiger partial charge >= 0.3 is 18.2 Å². The van der Waals surface area contributed by atoms with Gasteiger partial charge in [-0.1, -0.05) is 90.1 Å². The van der Waals surface area contributed by atoms with Crippen molar-refractivity contribution in [2.45, 2.75) is 173 Å². The largest absolute Gasteiger partial charge is 0.497 e. The summed E-state index contributed by atoms with van der Waals surface area (Å²) in [6, 6.07) is 13.2. The van der Waals surface area contributed by atoms with Gasteiger partial charge in [0.1, 0.15) is 35.9 Å². The number of benzene rings is 2. The van der Waals surface area contributed by atoms with E-state index in [2.05, 4.69) is 51.0 Å². The Kier molecular flexibility index (Phi) is 18.6. The van der Waals surface area contributed by atoms with Crippen molar-refractivity contribution in [3.05, 3.63) is 89.5 Å². The molecule has 0 bridgehead atoms. The van der Waals surface area contributed by atoms with E-state index >= 15 is 0 Å². The molecule has 18 nitrogen and oxygen atoms in total. The van der Waals surface area contributed by atoms with Crippen molar-refractivity contribution >= 4 is 23.9 Å². The average Bonchev–Trinajstić information content (AvgIpc) is 3.65. The maximum atomic E-state index is 14.3. The molecule has 2 aromatic rings. The molecule has 2 saturated heterocycles. The fraction of sp³-hybridized carbons (Fsp3) is 0.661. The SMILES string of the molecule is C=CCOC(=O)NCc1ccc(CNC(=O)OC2C(O)COC(OC3C(O)COC(O[C@H]4C[C@H]5[C@@H]6CC=C7C[C@@H](O)CC[C@]7(C)C6CC[C@]5(C)[C@@]4(O)[C@H](C)C(=O)CCC(C)C)C3C)C2OC(=O)c2ccc(OC)cc2)cc1. The lowest BCUT2D eigenvalue weighted by Gasteiger charge is -2.59. The highest BCUT2D eigenvalue weighted by Gasteiger charge is 2.70. The number of ketones is 1. The van der Waals surface area contributed by atoms with Gasteiger partial charge in [-0.15, -0.1) is 0 Å². The minimum atomic E-state index is -1.59. The number of allylic oxidation sites excluding steroid dienone is 1. The van der Waals surface area contributed by atoms with Crippen LogP contribution in [0, 0.1) is 46.3 Å². The van der Waals surface area contributed by atoms with Crippen LogP contribution in [0.15, 0.2) is 72.8 Å². The highest BCUT2D eigenvalue weighted by Crippen LogP contribution is 2.69. The van der Waals surface area contributed by atoms with Crippen LogP contribution in [0.1, 0.15) is 121 Å². The number of esters is 1. The molecule has 2 heterocycles. The van der Waals surface area contributed by atoms with Gasteiger partial charge in [-0.05, 0) is 116 Å². The smallest absolute Gasteiger partial charge is 0.407 e. The Labute approximate surface area is 452 Å². The predicted octanol–water partition coefficient (Wildman–Crippen LogP) is 7.07. The van der Waals surface area contributed by atoms with Crippen molar-refractivity contribution in [1.29, 1.82) is 0 Å². The van der Waals surface area contributed by atoms with Crippen LogP contribution >= 0.6 is 0 Å². The molecule has 18 heteroatoms. The van der Waals surface area contributed by atoms with Crippen LogP contribution in [0.4, 0.5) is 9.59 Å². The number of aliphatic hydroxyl groups is 4. The van der Waals surface area contributed by atoms with Gasteiger partial charge in [0.25, 0.3) is 0 Å². The molecule has 17 atom stereocenters. The Balaban J connectivity index is 1.01. The van der Waals surface area contributed by atoms with Crippen molar-refractivity contribution in [3.63, 3.8) is 0 Å². The molecular weight excluding hydrogens is 993 g/mol. The lowest BCUT2D eigenvalue weighted by atomic mass is 9.46. The molecule has 0 aromatic heterocycles. The zero-order chi connectivity index (χ0) is 55.4. The molecule has 6 N–H and O–H groups in total. The molecule has 2 amide bonds. The Hall–Kier alpha value is -4.92. The van der Waals surface area contributed by atoms with Crippen molar-refractivity contribution < 1.29 is 77.5 Å². The van der Waals surface area contributed by atoms with E-state index in [1.54, 1.807) is 43.3 Å². The van der Waals surface area contributed by atoms with Crippen molar-refractivity contribution in [3.8, 4) is 5.75 Å². The van der Waals surface area contributed by atoms with Crippen LogP contribution in [0.2, 0.25) is 0 Å². The van der Waals surface area contributed by atoms with E-state index < -0.39 is 96.8 Å². The van der Waals surface area contributed by atoms with Crippen LogP contribution in [-0.2, 0) is 51.0 Å². The summed E-state index contributed by atoms with van der Waals surface area (Å²) >= 11 is 0. The molecule has 2 aliphatic heterocycles. The van der Waals surface area contributed by atoms with E-state index in [4.69, 9.17) is 37.9 Å². The molecule has 6 aliphatic rings. The highest BCUT2D eigenvalue weighted by molar-refractivity contribution is 5.89. The third kappa shape index (κ3) is 12.3. The fourth-order valence-electron chi connectivity index (χ4n) is 13.7. The first kappa shape index (κ1) is 58.2. The van der Waals surface area contributed by atoms with Crippen molar-refractivity contribution in [1.82, 2.24) is 10.6 Å². The topological polar surface area (TPSA) is 247 Å². The van der Waals surface area contributed by atoms with E-state index in [0.29, 0.717) is 55.3 Å². The van der Waals surface area contributed by atoms with E-state index in [1.165, 1.54) is 30.9 Å². The third-order valence-corrected chi connectivity index (χ3v) is 18.2. The second-order valence-corrected chi connectivity index (χ2v) is 23.3. The number of fused-ring (bicyclic) bond motifs is 5. The predicted molar refractivity (Wildman–Crippen MR) is 281 cm³/mol. The first-order valence-corrected chi connectivity index (χ1v) is 27.6. The summed E-state index contributed by atoms with van der Waals surface area (Å²) in [6.07, 6.45) is -2.20. The summed E-state index contributed by atoms with van der Waals surface area (Å²) in [5.74, 6) is -1.04. The second-order valence-electron chi connectivity index (χ2n) is 23.3. The molecule has 5 fully saturated rings. The number of carbonyl (C=O) groups is 4. The van der Waals surface area contributed by atoms with Gasteiger partial charge in [0, 0.05) is 36.8 Å². The Morgan fingerprint density at radius 2 is 1.47 bits per heavy atom. The second kappa shape index (κ2) is 24.6. The molecule has 8 rings (SSSR count). The summed E-state index contributed by atoms with van der Waals surface area (Å²) in [5.41, 5.74) is 0.576. The highest BCUT2D eigenvalue weighted by atomic mass is 16.7. The monoisotopic (exact) mass is 1070 g/mol. The van der Waals surface area contributed by atoms with Crippen molar-refractivity contribution in [2.75, 3.05) is 26.9 Å². The van der Waals surface area contributed by atoms with Crippen LogP contribution in [-0.4, -0.2) is 132 Å². The normalized spacial score (nSPS) is 35.9. The first-order chi connectivity index (χ1) is 36.7. The number of hydrogen-bond donors (Lipinski definition) is 6. The van der Waals surface area contributed by atoms with Gasteiger partial charge in [-0.25, -0.2) is 14.4 Å². The minimum Gasteiger partial charge on any atom is -0.497 e. The zero-order valence-corrected chi connectivity index (χ0v) is 45.7. The number of aliphatic hydroxyl groups excluding tert-OH is 3. The van der Waals surface area contributed by atoms with E-state index in [9.17, 15) is 39.6 Å². The quantitative estimate of drug-likeness (QED) is 0.0468. The standard InChI is InChI=1S/C59H82N2O16/c1-9-26-71-55(67)60-29-36-11-13-37(14-12-36)30-61-56(68)77-50-47(65)32-73-54(51(50)75-52(66)38-15-18-41(70-8)19-16-38)76-49-34(4)53(72-31-46(49)64)74-48-28-44-42-20-17-39-27-40(62)22-24-57(39,6)43(42)23-25-58(44,7)59(48,69)35(5)45(63)21-10-33(2)3/h9,11-19,33-35,40,42-44,46-51,53-54,62,64-65,69H,1,10,20-32H2,2-8H3,(H,60,67)(H,61,68)/t34?,35-,40+,42-,43?,44+,46?,47?,48+,49?,50?,51?,53?,54?,57+,58+,59-/m1/s1. The number of rotatable bonds is 19. The van der Waals surface area contributed by atoms with Crippen LogP contribution in [0.5, 0.6) is 5.75 Å². The molecule has 3 saturated carbocycles. The Morgan fingerprint density at radius 3 is 2.12 bits per heavy atom. The number of carbonyl (C=O) groups excluding carboxylic acids is 4. The summed E-state index contributed by atoms with van der Waals surface area (Å²) in [5, 5.41) is 52.6. The molecule has 0 radical (unpaired) electrons. The lowest BCUT2D eigenvalue weighted by molar-refractivity contribution is -0.333. The number of hydrogen-bond acceptors (Lipinski definition) is 16. The number of amides is 2. The van der Waals surface area contributed by atoms with Gasteiger partial charge < -0.3 is 69.0 Å². The van der Waals surface area contributed by atoms with Gasteiger partial charge in [0.2, 0.25) is 0 Å². The van der Waals surface area contributed by atoms with Gasteiger partial charge in [-0.3, -0.25) is 4.79 Å². The van der Waals surface area contributed by atoms with Crippen LogP contribution in [0.25, 0.3) is 0 Å². The van der Waals surface area contributed by atoms with E-state index in [-0.39, 0.29) is 61.0 Å². The molecule has 77 heavy (non-hydrogen) atoms. The molecule has 4 aliphatic carbocycles. The number of ether oxygens (including phenoxy) is 8. The molecule has 0 spiro atoms.